The van der Waals surface area contributed by atoms with E-state index in [0.29, 0.717) is 95.8 Å². The van der Waals surface area contributed by atoms with Crippen molar-refractivity contribution in [3.63, 3.8) is 0 Å². The highest BCUT2D eigenvalue weighted by Crippen LogP contribution is 2.35. The molecule has 0 radical (unpaired) electrons. The molecule has 3 heterocycles. The number of amides is 3. The summed E-state index contributed by atoms with van der Waals surface area (Å²) in [5.74, 6) is -1.46. The lowest BCUT2D eigenvalue weighted by Crippen LogP contribution is -2.27. The van der Waals surface area contributed by atoms with E-state index in [2.05, 4.69) is 72.4 Å². The average molecular weight is 1570 g/mol. The van der Waals surface area contributed by atoms with Crippen LogP contribution < -0.4 is 56.7 Å². The molecule has 0 saturated carbocycles. The summed E-state index contributed by atoms with van der Waals surface area (Å²) in [5, 5.41) is 40.0. The third kappa shape index (κ3) is 36.8. The first-order valence-electron chi connectivity index (χ1n) is 32.8. The van der Waals surface area contributed by atoms with Crippen molar-refractivity contribution in [2.45, 2.75) is 106 Å². The number of hydrogen-bond donors (Lipinski definition) is 10. The maximum Gasteiger partial charge on any atom is 0.446 e. The number of phenols is 1. The summed E-state index contributed by atoms with van der Waals surface area (Å²) in [6.45, 7) is 18.8. The zero-order chi connectivity index (χ0) is 81.2. The van der Waals surface area contributed by atoms with Gasteiger partial charge < -0.3 is 74.7 Å². The van der Waals surface area contributed by atoms with Crippen molar-refractivity contribution in [3.8, 4) is 23.0 Å². The van der Waals surface area contributed by atoms with Gasteiger partial charge in [0.1, 0.15) is 36.6 Å². The lowest BCUT2D eigenvalue weighted by Gasteiger charge is -2.20. The number of benzene rings is 6. The van der Waals surface area contributed by atoms with E-state index in [9.17, 15) is 45.8 Å². The number of aromatic hydroxyl groups is 1. The van der Waals surface area contributed by atoms with Crippen molar-refractivity contribution in [3.05, 3.63) is 186 Å². The summed E-state index contributed by atoms with van der Waals surface area (Å²) in [4.78, 5) is 77.4. The SMILES string of the molecule is C.CC(=O)O.CC(C)(C)OC(=O)Nc1cccc(Nc2nc(Cl)ncc2F)c1.COCCOc1ccc(Nc2ncc(F)c(Nc3cccc(NC(=O)OC(C)(C)C)c3)n2)cc1O.COCCOc1ccc(Nc2ncc(F)c(Nc3cccc(NC(=O)OC(C)(C)C)c3)n2)cc1OCc1ccccc1.O=CC(F)(F)F. The summed E-state index contributed by atoms with van der Waals surface area (Å²) in [7, 11) is 3.16. The Balaban J connectivity index is 0.000000339. The van der Waals surface area contributed by atoms with Crippen LogP contribution in [0.3, 0.4) is 0 Å². The fraction of sp³-hybridized carbons (Fsp3) is 0.293. The van der Waals surface area contributed by atoms with Crippen LogP contribution >= 0.6 is 11.6 Å². The maximum atomic E-state index is 14.7. The minimum absolute atomic E-state index is 0. The minimum atomic E-state index is -4.64. The number of rotatable bonds is 24. The number of methoxy groups -OCH3 is 2. The van der Waals surface area contributed by atoms with E-state index in [-0.39, 0.29) is 47.8 Å². The Morgan fingerprint density at radius 3 is 1.19 bits per heavy atom. The van der Waals surface area contributed by atoms with E-state index in [0.717, 1.165) is 31.1 Å². The van der Waals surface area contributed by atoms with Gasteiger partial charge in [0.2, 0.25) is 23.5 Å². The van der Waals surface area contributed by atoms with Crippen molar-refractivity contribution in [2.75, 3.05) is 83.2 Å². The number of carboxylic acid groups (broad SMARTS) is 1. The molecule has 6 aromatic carbocycles. The van der Waals surface area contributed by atoms with E-state index in [1.165, 1.54) is 6.07 Å². The van der Waals surface area contributed by atoms with Gasteiger partial charge in [-0.25, -0.2) is 42.5 Å². The molecule has 111 heavy (non-hydrogen) atoms. The van der Waals surface area contributed by atoms with Gasteiger partial charge in [-0.3, -0.25) is 25.5 Å². The molecule has 36 heteroatoms. The third-order valence-corrected chi connectivity index (χ3v) is 12.6. The smallest absolute Gasteiger partial charge is 0.446 e. The predicted molar refractivity (Wildman–Crippen MR) is 409 cm³/mol. The highest BCUT2D eigenvalue weighted by Gasteiger charge is 2.25. The molecule has 0 aliphatic rings. The molecule has 0 saturated heterocycles. The molecule has 9 rings (SSSR count). The second kappa shape index (κ2) is 44.1. The van der Waals surface area contributed by atoms with E-state index in [4.69, 9.17) is 64.2 Å². The van der Waals surface area contributed by atoms with Crippen LogP contribution in [0.25, 0.3) is 0 Å². The van der Waals surface area contributed by atoms with E-state index in [1.807, 2.05) is 30.3 Å². The zero-order valence-corrected chi connectivity index (χ0v) is 62.4. The molecule has 0 spiro atoms. The number of nitrogens with one attached hydrogen (secondary N) is 8. The summed E-state index contributed by atoms with van der Waals surface area (Å²) >= 11 is 5.64. The predicted octanol–water partition coefficient (Wildman–Crippen LogP) is 18.1. The third-order valence-electron chi connectivity index (χ3n) is 12.4. The number of carbonyl (C=O) groups is 5. The van der Waals surface area contributed by atoms with Crippen LogP contribution in [0.15, 0.2) is 158 Å². The number of halogens is 7. The number of anilines is 13. The molecular formula is C75H87ClF6N14O15. The topological polar surface area (TPSA) is 373 Å². The number of carbonyl (C=O) groups excluding carboxylic acids is 4. The number of alkyl halides is 3. The molecular weight excluding hydrogens is 1490 g/mol. The monoisotopic (exact) mass is 1570 g/mol. The Morgan fingerprint density at radius 1 is 0.459 bits per heavy atom. The van der Waals surface area contributed by atoms with Crippen LogP contribution in [-0.2, 0) is 39.9 Å². The standard InChI is InChI=1S/C31H34FN5O5.C24H28FN5O5.C15H16ClFN4O2.C2HF3O.C2H4O2.CH4/c1-31(2,3)42-30(38)36-23-12-8-11-22(17-23)34-28-25(32)19-33-29(37-28)35-24-13-14-26(40-16-15-39-4)27(18-24)41-20-21-9-6-5-7-10-21;1-24(2,3)35-23(32)29-16-7-5-6-15(12-16)27-21-18(25)14-26-22(30-21)28-17-8-9-20(19(31)13-17)34-11-10-33-4;1-15(2,3)23-14(22)20-10-6-4-5-9(7-10)19-12-11(17)8-18-13(16)21-12;3-2(4,5)1-6;1-2(3)4;/h5-14,17-19H,15-16,20H2,1-4H3,(H,36,38)(H2,33,34,35,37);5-9,12-14,31H,10-11H2,1-4H3,(H,29,32)(H2,26,27,28,30);4-8H,1-3H3,(H,20,22)(H,18,19,21);1H;1H3,(H,3,4);1H4. The first kappa shape index (κ1) is 90.9. The summed E-state index contributed by atoms with van der Waals surface area (Å²) in [6, 6.07) is 39.8. The van der Waals surface area contributed by atoms with E-state index < -0.39 is 71.0 Å². The van der Waals surface area contributed by atoms with Crippen LogP contribution in [-0.4, -0.2) is 134 Å². The molecule has 9 aromatic rings. The van der Waals surface area contributed by atoms with Gasteiger partial charge in [-0.1, -0.05) is 56.0 Å². The highest BCUT2D eigenvalue weighted by atomic mass is 35.5. The molecule has 0 unspecified atom stereocenters. The quantitative estimate of drug-likeness (QED) is 0.00883. The lowest BCUT2D eigenvalue weighted by atomic mass is 10.2. The largest absolute Gasteiger partial charge is 0.504 e. The minimum Gasteiger partial charge on any atom is -0.504 e. The molecule has 3 amide bonds. The Bertz CT molecular complexity index is 4480. The molecule has 0 fully saturated rings. The van der Waals surface area contributed by atoms with Crippen molar-refractivity contribution in [2.24, 2.45) is 0 Å². The van der Waals surface area contributed by atoms with Crippen molar-refractivity contribution in [1.29, 1.82) is 0 Å². The number of hydrogen-bond acceptors (Lipinski definition) is 25. The number of carboxylic acids is 1. The van der Waals surface area contributed by atoms with Gasteiger partial charge in [0.05, 0.1) is 31.8 Å². The van der Waals surface area contributed by atoms with Crippen LogP contribution in [0.5, 0.6) is 23.0 Å². The van der Waals surface area contributed by atoms with Crippen LogP contribution in [0.4, 0.5) is 116 Å². The van der Waals surface area contributed by atoms with Gasteiger partial charge >= 0.3 is 24.5 Å². The molecule has 0 bridgehead atoms. The first-order chi connectivity index (χ1) is 51.8. The summed E-state index contributed by atoms with van der Waals surface area (Å²) in [5.41, 5.74) is 3.14. The Labute approximate surface area is 641 Å². The fourth-order valence-corrected chi connectivity index (χ4v) is 8.29. The van der Waals surface area contributed by atoms with Gasteiger partial charge in [0.25, 0.3) is 5.97 Å². The van der Waals surface area contributed by atoms with Gasteiger partial charge in [-0.15, -0.1) is 0 Å². The number of aliphatic carboxylic acids is 1. The number of nitrogens with zero attached hydrogens (tertiary/aromatic N) is 6. The van der Waals surface area contributed by atoms with Gasteiger partial charge in [-0.05, 0) is 158 Å². The summed E-state index contributed by atoms with van der Waals surface area (Å²) < 4.78 is 117. The molecule has 29 nitrogen and oxygen atoms in total. The number of aldehydes is 1. The van der Waals surface area contributed by atoms with Crippen LogP contribution in [0.1, 0.15) is 82.2 Å². The fourth-order valence-electron chi connectivity index (χ4n) is 8.16. The number of ether oxygens (including phenoxy) is 8. The Hall–Kier alpha value is -12.5. The van der Waals surface area contributed by atoms with Crippen molar-refractivity contribution < 1.29 is 98.4 Å². The number of aromatic nitrogens is 6. The second-order valence-electron chi connectivity index (χ2n) is 25.3. The van der Waals surface area contributed by atoms with E-state index in [1.54, 1.807) is 180 Å². The van der Waals surface area contributed by atoms with Gasteiger partial charge in [-0.2, -0.15) is 28.1 Å². The van der Waals surface area contributed by atoms with Crippen molar-refractivity contribution >= 4 is 117 Å². The molecule has 0 atom stereocenters. The molecule has 10 N–H and O–H groups in total. The number of phenolic OH excluding ortho intramolecular Hbond substituents is 1. The Kier molecular flexibility index (Phi) is 36.1. The normalized spacial score (nSPS) is 10.7. The molecule has 596 valence electrons. The Morgan fingerprint density at radius 2 is 0.811 bits per heavy atom. The zero-order valence-electron chi connectivity index (χ0n) is 61.7. The van der Waals surface area contributed by atoms with Crippen LogP contribution in [0.2, 0.25) is 5.28 Å². The molecule has 3 aromatic heterocycles. The average Bonchev–Trinajstić information content (AvgIpc) is 0.838. The van der Waals surface area contributed by atoms with E-state index >= 15 is 0 Å². The van der Waals surface area contributed by atoms with Gasteiger partial charge in [0, 0.05) is 78.8 Å². The molecule has 0 aliphatic carbocycles. The highest BCUT2D eigenvalue weighted by molar-refractivity contribution is 6.28. The lowest BCUT2D eigenvalue weighted by molar-refractivity contribution is -0.156. The second-order valence-corrected chi connectivity index (χ2v) is 25.7. The van der Waals surface area contributed by atoms with Crippen LogP contribution in [0, 0.1) is 17.5 Å². The summed E-state index contributed by atoms with van der Waals surface area (Å²) in [6.07, 6.45) is -4.42. The maximum absolute atomic E-state index is 14.7. The first-order valence-corrected chi connectivity index (χ1v) is 33.2. The van der Waals surface area contributed by atoms with Crippen molar-refractivity contribution in [1.82, 2.24) is 29.9 Å². The molecule has 0 aliphatic heterocycles. The van der Waals surface area contributed by atoms with Gasteiger partial charge in [0.15, 0.2) is 57.9 Å².